The van der Waals surface area contributed by atoms with Gasteiger partial charge in [0, 0.05) is 0 Å². The minimum atomic E-state index is -4.65. The number of halogens is 5. The molecule has 86 valence electrons. The van der Waals surface area contributed by atoms with Crippen LogP contribution in [0.3, 0.4) is 0 Å². The van der Waals surface area contributed by atoms with Crippen LogP contribution in [0.15, 0.2) is 0 Å². The van der Waals surface area contributed by atoms with Crippen molar-refractivity contribution in [3.63, 3.8) is 0 Å². The fourth-order valence-corrected chi connectivity index (χ4v) is 2.27. The minimum absolute atomic E-state index is 0.904. The Kier molecular flexibility index (Phi) is 3.29. The Morgan fingerprint density at radius 3 is 2.14 bits per heavy atom. The Hall–Kier alpha value is 0.320. The van der Waals surface area contributed by atoms with E-state index in [1.54, 1.807) is 0 Å². The van der Waals surface area contributed by atoms with Gasteiger partial charge in [0.25, 0.3) is 0 Å². The molecule has 0 saturated carbocycles. The van der Waals surface area contributed by atoms with E-state index in [0.717, 1.165) is 0 Å². The van der Waals surface area contributed by atoms with Crippen LogP contribution in [0, 0.1) is 0 Å². The van der Waals surface area contributed by atoms with Crippen molar-refractivity contribution in [2.45, 2.75) is 18.3 Å². The van der Waals surface area contributed by atoms with Crippen LogP contribution in [0.2, 0.25) is 0 Å². The first kappa shape index (κ1) is 12.4. The summed E-state index contributed by atoms with van der Waals surface area (Å²) in [6.07, 6.45) is -6.33. The number of rotatable bonds is 1. The van der Waals surface area contributed by atoms with Gasteiger partial charge in [-0.25, -0.2) is 0 Å². The second-order valence-electron chi connectivity index (χ2n) is 3.02. The molecule has 1 rings (SSSR count). The molecular weight excluding hydrogens is 250 g/mol. The van der Waals surface area contributed by atoms with Crippen molar-refractivity contribution in [2.75, 3.05) is 13.2 Å². The maximum absolute atomic E-state index is 13.3. The summed E-state index contributed by atoms with van der Waals surface area (Å²) in [6, 6.07) is 0. The molecular formula is C5H8ClF4O3P. The first-order valence-corrected chi connectivity index (χ1v) is 6.34. The summed E-state index contributed by atoms with van der Waals surface area (Å²) >= 11 is 5.17. The van der Waals surface area contributed by atoms with E-state index in [0.29, 0.717) is 0 Å². The van der Waals surface area contributed by atoms with E-state index in [1.165, 1.54) is 0 Å². The van der Waals surface area contributed by atoms with Gasteiger partial charge in [0.2, 0.25) is 0 Å². The molecule has 0 bridgehead atoms. The molecule has 1 aliphatic rings. The summed E-state index contributed by atoms with van der Waals surface area (Å²) in [5.41, 5.74) is -2.66. The van der Waals surface area contributed by atoms with Gasteiger partial charge in [-0.3, -0.25) is 0 Å². The summed E-state index contributed by atoms with van der Waals surface area (Å²) < 4.78 is 57.4. The van der Waals surface area contributed by atoms with Crippen molar-refractivity contribution in [2.24, 2.45) is 0 Å². The SMILES string of the molecule is O[PH]1(Cl)OCC(F)(CC(F)(F)F)CO1. The summed E-state index contributed by atoms with van der Waals surface area (Å²) in [4.78, 5) is 8.92. The molecule has 0 atom stereocenters. The Labute approximate surface area is 82.3 Å². The molecule has 1 heterocycles. The van der Waals surface area contributed by atoms with E-state index >= 15 is 0 Å². The Bertz CT molecular complexity index is 212. The van der Waals surface area contributed by atoms with Crippen LogP contribution in [0.25, 0.3) is 0 Å². The van der Waals surface area contributed by atoms with Gasteiger partial charge in [-0.1, -0.05) is 0 Å². The third kappa shape index (κ3) is 3.82. The molecule has 1 aliphatic heterocycles. The van der Waals surface area contributed by atoms with Gasteiger partial charge in [0.15, 0.2) is 0 Å². The standard InChI is InChI=1S/C5H8ClF4O3P/c6-14(11)12-2-4(7,3-13-14)1-5(8,9)10/h11,14H,1-3H2. The second kappa shape index (κ2) is 3.72. The van der Waals surface area contributed by atoms with E-state index in [4.69, 9.17) is 16.1 Å². The van der Waals surface area contributed by atoms with Gasteiger partial charge in [0.1, 0.15) is 0 Å². The fourth-order valence-electron chi connectivity index (χ4n) is 0.981. The molecule has 0 spiro atoms. The van der Waals surface area contributed by atoms with Gasteiger partial charge >= 0.3 is 81.5 Å². The summed E-state index contributed by atoms with van der Waals surface area (Å²) in [7, 11) is -3.89. The van der Waals surface area contributed by atoms with Crippen molar-refractivity contribution in [3.05, 3.63) is 0 Å². The quantitative estimate of drug-likeness (QED) is 0.579. The van der Waals surface area contributed by atoms with Crippen LogP contribution in [-0.4, -0.2) is 30.0 Å². The van der Waals surface area contributed by atoms with Crippen molar-refractivity contribution in [1.82, 2.24) is 0 Å². The normalized spacial score (nSPS) is 35.3. The van der Waals surface area contributed by atoms with Crippen molar-refractivity contribution in [1.29, 1.82) is 0 Å². The zero-order chi connectivity index (χ0) is 11.0. The van der Waals surface area contributed by atoms with Crippen LogP contribution in [0.1, 0.15) is 6.42 Å². The van der Waals surface area contributed by atoms with E-state index < -0.39 is 38.8 Å². The molecule has 3 nitrogen and oxygen atoms in total. The van der Waals surface area contributed by atoms with E-state index in [1.807, 2.05) is 0 Å². The predicted molar refractivity (Wildman–Crippen MR) is 42.8 cm³/mol. The Balaban J connectivity index is 2.54. The Morgan fingerprint density at radius 2 is 1.79 bits per heavy atom. The topological polar surface area (TPSA) is 38.7 Å². The molecule has 9 heteroatoms. The van der Waals surface area contributed by atoms with Crippen LogP contribution in [0.4, 0.5) is 17.6 Å². The molecule has 0 aromatic rings. The average Bonchev–Trinajstić information content (AvgIpc) is 1.93. The molecule has 1 saturated heterocycles. The molecule has 1 fully saturated rings. The summed E-state index contributed by atoms with van der Waals surface area (Å²) in [5, 5.41) is 0. The van der Waals surface area contributed by atoms with Gasteiger partial charge in [-0.05, 0) is 0 Å². The molecule has 0 radical (unpaired) electrons. The fraction of sp³-hybridized carbons (Fsp3) is 1.00. The predicted octanol–water partition coefficient (Wildman–Crippen LogP) is 2.33. The van der Waals surface area contributed by atoms with E-state index in [-0.39, 0.29) is 0 Å². The van der Waals surface area contributed by atoms with Crippen LogP contribution < -0.4 is 0 Å². The maximum atomic E-state index is 13.3. The number of alkyl halides is 4. The van der Waals surface area contributed by atoms with Crippen molar-refractivity contribution >= 4 is 18.5 Å². The van der Waals surface area contributed by atoms with Crippen LogP contribution >= 0.6 is 18.5 Å². The third-order valence-electron chi connectivity index (χ3n) is 1.54. The zero-order valence-electron chi connectivity index (χ0n) is 6.77. The second-order valence-corrected chi connectivity index (χ2v) is 6.04. The van der Waals surface area contributed by atoms with Crippen LogP contribution in [0.5, 0.6) is 0 Å². The average molecular weight is 259 g/mol. The number of hydrogen-bond donors (Lipinski definition) is 1. The summed E-state index contributed by atoms with van der Waals surface area (Å²) in [6.45, 7) is -1.81. The molecule has 0 aromatic heterocycles. The number of hydrogen-bond acceptors (Lipinski definition) is 3. The molecule has 0 amide bonds. The molecule has 0 unspecified atom stereocenters. The molecule has 0 aromatic carbocycles. The van der Waals surface area contributed by atoms with Gasteiger partial charge < -0.3 is 0 Å². The third-order valence-corrected chi connectivity index (χ3v) is 3.19. The van der Waals surface area contributed by atoms with E-state index in [9.17, 15) is 17.6 Å². The molecule has 1 N–H and O–H groups in total. The monoisotopic (exact) mass is 258 g/mol. The summed E-state index contributed by atoms with van der Waals surface area (Å²) in [5.74, 6) is 0. The van der Waals surface area contributed by atoms with Gasteiger partial charge in [-0.2, -0.15) is 0 Å². The van der Waals surface area contributed by atoms with Crippen molar-refractivity contribution in [3.8, 4) is 0 Å². The van der Waals surface area contributed by atoms with Crippen molar-refractivity contribution < 1.29 is 31.5 Å². The first-order chi connectivity index (χ1) is 6.12. The van der Waals surface area contributed by atoms with E-state index in [2.05, 4.69) is 9.05 Å². The zero-order valence-corrected chi connectivity index (χ0v) is 8.53. The molecule has 14 heavy (non-hydrogen) atoms. The first-order valence-electron chi connectivity index (χ1n) is 3.57. The Morgan fingerprint density at radius 1 is 1.36 bits per heavy atom. The van der Waals surface area contributed by atoms with Crippen LogP contribution in [-0.2, 0) is 9.05 Å². The van der Waals surface area contributed by atoms with Gasteiger partial charge in [0.05, 0.1) is 0 Å². The molecule has 0 aliphatic carbocycles. The van der Waals surface area contributed by atoms with Gasteiger partial charge in [-0.15, -0.1) is 0 Å².